The van der Waals surface area contributed by atoms with Crippen LogP contribution < -0.4 is 4.90 Å². The maximum absolute atomic E-state index is 12.4. The third-order valence-corrected chi connectivity index (χ3v) is 3.74. The minimum Gasteiger partial charge on any atom is -0.378 e. The van der Waals surface area contributed by atoms with Crippen molar-refractivity contribution >= 4 is 11.6 Å². The molecule has 1 aromatic rings. The smallest absolute Gasteiger partial charge is 0.255 e. The average molecular weight is 261 g/mol. The summed E-state index contributed by atoms with van der Waals surface area (Å²) in [7, 11) is 0. The highest BCUT2D eigenvalue weighted by Crippen LogP contribution is 2.20. The minimum absolute atomic E-state index is 0.0665. The van der Waals surface area contributed by atoms with Crippen LogP contribution in [0.2, 0.25) is 0 Å². The third kappa shape index (κ3) is 2.71. The van der Waals surface area contributed by atoms with E-state index in [1.54, 1.807) is 6.20 Å². The van der Waals surface area contributed by atoms with Crippen LogP contribution in [0.1, 0.15) is 23.2 Å². The molecule has 2 fully saturated rings. The molecule has 0 aliphatic carbocycles. The molecule has 5 nitrogen and oxygen atoms in total. The molecule has 2 saturated heterocycles. The number of pyridine rings is 1. The zero-order valence-corrected chi connectivity index (χ0v) is 11.0. The summed E-state index contributed by atoms with van der Waals surface area (Å²) in [6.07, 6.45) is 5.96. The fourth-order valence-corrected chi connectivity index (χ4v) is 2.64. The molecule has 0 atom stereocenters. The summed E-state index contributed by atoms with van der Waals surface area (Å²) in [6, 6.07) is 1.97. The number of morpholine rings is 1. The molecule has 2 aliphatic rings. The van der Waals surface area contributed by atoms with E-state index in [4.69, 9.17) is 4.74 Å². The van der Waals surface area contributed by atoms with E-state index in [1.807, 2.05) is 17.2 Å². The van der Waals surface area contributed by atoms with Crippen LogP contribution in [0.4, 0.5) is 5.69 Å². The number of anilines is 1. The van der Waals surface area contributed by atoms with E-state index in [0.29, 0.717) is 31.9 Å². The molecular weight excluding hydrogens is 242 g/mol. The first-order valence-electron chi connectivity index (χ1n) is 6.91. The van der Waals surface area contributed by atoms with Crippen molar-refractivity contribution in [1.82, 2.24) is 9.88 Å². The maximum Gasteiger partial charge on any atom is 0.255 e. The lowest BCUT2D eigenvalue weighted by Gasteiger charge is -2.27. The van der Waals surface area contributed by atoms with Gasteiger partial charge in [-0.05, 0) is 18.9 Å². The minimum atomic E-state index is 0.0665. The topological polar surface area (TPSA) is 45.7 Å². The first-order valence-corrected chi connectivity index (χ1v) is 6.91. The van der Waals surface area contributed by atoms with Crippen molar-refractivity contribution in [1.29, 1.82) is 0 Å². The number of nitrogens with zero attached hydrogens (tertiary/aromatic N) is 3. The first kappa shape index (κ1) is 12.4. The zero-order valence-electron chi connectivity index (χ0n) is 11.0. The van der Waals surface area contributed by atoms with Gasteiger partial charge in [-0.3, -0.25) is 9.78 Å². The van der Waals surface area contributed by atoms with Crippen LogP contribution in [-0.4, -0.2) is 55.2 Å². The summed E-state index contributed by atoms with van der Waals surface area (Å²) in [5.74, 6) is 0.0665. The van der Waals surface area contributed by atoms with Gasteiger partial charge in [-0.15, -0.1) is 0 Å². The van der Waals surface area contributed by atoms with E-state index >= 15 is 0 Å². The predicted molar refractivity (Wildman–Crippen MR) is 72.4 cm³/mol. The van der Waals surface area contributed by atoms with Gasteiger partial charge in [-0.25, -0.2) is 0 Å². The van der Waals surface area contributed by atoms with Crippen LogP contribution in [0, 0.1) is 0 Å². The summed E-state index contributed by atoms with van der Waals surface area (Å²) in [5.41, 5.74) is 1.75. The number of carbonyl (C=O) groups is 1. The van der Waals surface area contributed by atoms with Crippen LogP contribution in [-0.2, 0) is 4.74 Å². The number of amides is 1. The molecule has 0 bridgehead atoms. The molecule has 5 heteroatoms. The molecule has 3 heterocycles. The number of rotatable bonds is 2. The molecule has 19 heavy (non-hydrogen) atoms. The molecule has 0 radical (unpaired) electrons. The van der Waals surface area contributed by atoms with E-state index in [1.165, 1.54) is 12.8 Å². The molecule has 0 N–H and O–H groups in total. The summed E-state index contributed by atoms with van der Waals surface area (Å²) < 4.78 is 5.27. The van der Waals surface area contributed by atoms with Crippen LogP contribution in [0.15, 0.2) is 18.5 Å². The number of ether oxygens (including phenoxy) is 1. The Morgan fingerprint density at radius 1 is 1.11 bits per heavy atom. The second-order valence-electron chi connectivity index (χ2n) is 5.03. The zero-order chi connectivity index (χ0) is 13.1. The third-order valence-electron chi connectivity index (χ3n) is 3.74. The Morgan fingerprint density at radius 2 is 1.84 bits per heavy atom. The van der Waals surface area contributed by atoms with E-state index in [2.05, 4.69) is 9.88 Å². The lowest BCUT2D eigenvalue weighted by atomic mass is 10.2. The van der Waals surface area contributed by atoms with Gasteiger partial charge < -0.3 is 14.5 Å². The highest BCUT2D eigenvalue weighted by Gasteiger charge is 2.20. The van der Waals surface area contributed by atoms with Crippen molar-refractivity contribution in [2.45, 2.75) is 12.8 Å². The molecule has 1 amide bonds. The molecule has 2 aliphatic heterocycles. The van der Waals surface area contributed by atoms with Gasteiger partial charge in [-0.2, -0.15) is 0 Å². The number of hydrogen-bond donors (Lipinski definition) is 0. The van der Waals surface area contributed by atoms with E-state index in [0.717, 1.165) is 18.8 Å². The second kappa shape index (κ2) is 5.57. The van der Waals surface area contributed by atoms with E-state index in [9.17, 15) is 4.79 Å². The van der Waals surface area contributed by atoms with Crippen molar-refractivity contribution in [3.8, 4) is 0 Å². The number of carbonyl (C=O) groups excluding carboxylic acids is 1. The monoisotopic (exact) mass is 261 g/mol. The lowest BCUT2D eigenvalue weighted by molar-refractivity contribution is 0.0302. The Balaban J connectivity index is 1.76. The van der Waals surface area contributed by atoms with Crippen molar-refractivity contribution in [3.63, 3.8) is 0 Å². The van der Waals surface area contributed by atoms with Crippen LogP contribution in [0.3, 0.4) is 0 Å². The normalized spacial score (nSPS) is 19.8. The van der Waals surface area contributed by atoms with Crippen molar-refractivity contribution < 1.29 is 9.53 Å². The summed E-state index contributed by atoms with van der Waals surface area (Å²) in [5, 5.41) is 0. The van der Waals surface area contributed by atoms with Gasteiger partial charge in [0.25, 0.3) is 5.91 Å². The van der Waals surface area contributed by atoms with Gasteiger partial charge in [0.2, 0.25) is 0 Å². The van der Waals surface area contributed by atoms with Crippen LogP contribution in [0.25, 0.3) is 0 Å². The van der Waals surface area contributed by atoms with Gasteiger partial charge in [0, 0.05) is 32.4 Å². The second-order valence-corrected chi connectivity index (χ2v) is 5.03. The first-order chi connectivity index (χ1) is 9.34. The maximum atomic E-state index is 12.4. The van der Waals surface area contributed by atoms with Gasteiger partial charge in [0.15, 0.2) is 0 Å². The molecule has 3 rings (SSSR count). The SMILES string of the molecule is O=C(c1cncc(N2CCCC2)c1)N1CCOCC1. The van der Waals surface area contributed by atoms with Gasteiger partial charge in [0.1, 0.15) is 0 Å². The van der Waals surface area contributed by atoms with Gasteiger partial charge >= 0.3 is 0 Å². The van der Waals surface area contributed by atoms with Crippen molar-refractivity contribution in [2.24, 2.45) is 0 Å². The Kier molecular flexibility index (Phi) is 3.64. The molecule has 0 unspecified atom stereocenters. The largest absolute Gasteiger partial charge is 0.378 e. The van der Waals surface area contributed by atoms with E-state index in [-0.39, 0.29) is 5.91 Å². The molecular formula is C14H19N3O2. The van der Waals surface area contributed by atoms with Gasteiger partial charge in [-0.1, -0.05) is 0 Å². The molecule has 0 spiro atoms. The molecule has 0 aromatic carbocycles. The summed E-state index contributed by atoms with van der Waals surface area (Å²) >= 11 is 0. The predicted octanol–water partition coefficient (Wildman–Crippen LogP) is 1.15. The Bertz CT molecular complexity index is 452. The Morgan fingerprint density at radius 3 is 2.58 bits per heavy atom. The quantitative estimate of drug-likeness (QED) is 0.801. The van der Waals surface area contributed by atoms with Crippen molar-refractivity contribution in [2.75, 3.05) is 44.3 Å². The van der Waals surface area contributed by atoms with E-state index < -0.39 is 0 Å². The Hall–Kier alpha value is -1.62. The standard InChI is InChI=1S/C14H19N3O2/c18-14(17-5-7-19-8-6-17)12-9-13(11-15-10-12)16-3-1-2-4-16/h9-11H,1-8H2. The summed E-state index contributed by atoms with van der Waals surface area (Å²) in [4.78, 5) is 20.7. The van der Waals surface area contributed by atoms with Gasteiger partial charge in [0.05, 0.1) is 30.7 Å². The molecule has 102 valence electrons. The Labute approximate surface area is 113 Å². The lowest BCUT2D eigenvalue weighted by Crippen LogP contribution is -2.40. The summed E-state index contributed by atoms with van der Waals surface area (Å²) in [6.45, 7) is 4.74. The average Bonchev–Trinajstić information content (AvgIpc) is 3.02. The fraction of sp³-hybridized carbons (Fsp3) is 0.571. The van der Waals surface area contributed by atoms with Crippen molar-refractivity contribution in [3.05, 3.63) is 24.0 Å². The molecule has 1 aromatic heterocycles. The van der Waals surface area contributed by atoms with Crippen LogP contribution >= 0.6 is 0 Å². The number of hydrogen-bond acceptors (Lipinski definition) is 4. The van der Waals surface area contributed by atoms with Crippen LogP contribution in [0.5, 0.6) is 0 Å². The highest BCUT2D eigenvalue weighted by atomic mass is 16.5. The molecule has 0 saturated carbocycles. The fourth-order valence-electron chi connectivity index (χ4n) is 2.64. The number of aromatic nitrogens is 1. The highest BCUT2D eigenvalue weighted by molar-refractivity contribution is 5.94.